The van der Waals surface area contributed by atoms with Crippen LogP contribution in [0.3, 0.4) is 0 Å². The van der Waals surface area contributed by atoms with Crippen molar-refractivity contribution in [3.63, 3.8) is 0 Å². The van der Waals surface area contributed by atoms with Crippen molar-refractivity contribution in [3.05, 3.63) is 34.6 Å². The van der Waals surface area contributed by atoms with Gasteiger partial charge < -0.3 is 10.2 Å². The zero-order chi connectivity index (χ0) is 10.7. The zero-order valence-electron chi connectivity index (χ0n) is 7.12. The number of rotatable bonds is 3. The Morgan fingerprint density at radius 2 is 2.00 bits per heavy atom. The molecule has 2 atom stereocenters. The van der Waals surface area contributed by atoms with E-state index >= 15 is 0 Å². The second kappa shape index (κ2) is 4.94. The molecule has 0 fully saturated rings. The molecule has 0 bridgehead atoms. The van der Waals surface area contributed by atoms with Gasteiger partial charge in [0.1, 0.15) is 11.9 Å². The molecule has 1 aromatic carbocycles. The molecule has 5 heteroatoms. The molecule has 0 spiro atoms. The van der Waals surface area contributed by atoms with Crippen molar-refractivity contribution < 1.29 is 14.6 Å². The Morgan fingerprint density at radius 1 is 1.36 bits per heavy atom. The van der Waals surface area contributed by atoms with Gasteiger partial charge in [0.2, 0.25) is 0 Å². The van der Waals surface area contributed by atoms with Gasteiger partial charge >= 0.3 is 0 Å². The quantitative estimate of drug-likeness (QED) is 0.793. The maximum atomic E-state index is 12.6. The molecular formula is C9H9Cl2FO2. The predicted molar refractivity (Wildman–Crippen MR) is 53.1 cm³/mol. The highest BCUT2D eigenvalue weighted by Gasteiger charge is 2.19. The van der Waals surface area contributed by atoms with Crippen LogP contribution in [0.15, 0.2) is 18.2 Å². The number of hydrogen-bond acceptors (Lipinski definition) is 2. The van der Waals surface area contributed by atoms with Gasteiger partial charge in [0.05, 0.1) is 12.0 Å². The minimum Gasteiger partial charge on any atom is -0.389 e. The SMILES string of the molecule is OC(CCl)C(O)c1ccc(F)cc1Cl. The van der Waals surface area contributed by atoms with Crippen LogP contribution in [0.25, 0.3) is 0 Å². The van der Waals surface area contributed by atoms with E-state index in [4.69, 9.17) is 23.2 Å². The number of aliphatic hydroxyl groups excluding tert-OH is 2. The summed E-state index contributed by atoms with van der Waals surface area (Å²) in [7, 11) is 0. The number of aliphatic hydroxyl groups is 2. The molecule has 2 nitrogen and oxygen atoms in total. The first-order valence-electron chi connectivity index (χ1n) is 3.93. The summed E-state index contributed by atoms with van der Waals surface area (Å²) in [5.41, 5.74) is 0.265. The van der Waals surface area contributed by atoms with Gasteiger partial charge in [0, 0.05) is 10.6 Å². The van der Waals surface area contributed by atoms with Crippen molar-refractivity contribution in [1.29, 1.82) is 0 Å². The first kappa shape index (κ1) is 11.7. The molecule has 0 aromatic heterocycles. The van der Waals surface area contributed by atoms with Crippen molar-refractivity contribution in [2.24, 2.45) is 0 Å². The van der Waals surface area contributed by atoms with E-state index in [9.17, 15) is 14.6 Å². The first-order chi connectivity index (χ1) is 6.56. The molecule has 0 saturated heterocycles. The molecule has 1 rings (SSSR count). The van der Waals surface area contributed by atoms with Crippen LogP contribution in [0.2, 0.25) is 5.02 Å². The second-order valence-corrected chi connectivity index (χ2v) is 3.55. The molecule has 78 valence electrons. The Labute approximate surface area is 90.9 Å². The van der Waals surface area contributed by atoms with Gasteiger partial charge in [-0.1, -0.05) is 17.7 Å². The lowest BCUT2D eigenvalue weighted by Crippen LogP contribution is -2.20. The Kier molecular flexibility index (Phi) is 4.13. The van der Waals surface area contributed by atoms with Gasteiger partial charge in [-0.05, 0) is 12.1 Å². The third kappa shape index (κ3) is 2.58. The van der Waals surface area contributed by atoms with Crippen molar-refractivity contribution in [2.75, 3.05) is 5.88 Å². The van der Waals surface area contributed by atoms with Crippen molar-refractivity contribution in [2.45, 2.75) is 12.2 Å². The Balaban J connectivity index is 2.95. The molecule has 2 N–H and O–H groups in total. The molecule has 1 aromatic rings. The lowest BCUT2D eigenvalue weighted by molar-refractivity contribution is 0.0327. The van der Waals surface area contributed by atoms with Crippen molar-refractivity contribution in [1.82, 2.24) is 0 Å². The molecule has 0 saturated carbocycles. The van der Waals surface area contributed by atoms with E-state index in [0.717, 1.165) is 12.1 Å². The van der Waals surface area contributed by atoms with Crippen LogP contribution >= 0.6 is 23.2 Å². The molecule has 0 heterocycles. The minimum absolute atomic E-state index is 0.0710. The van der Waals surface area contributed by atoms with Crippen LogP contribution in [0.1, 0.15) is 11.7 Å². The summed E-state index contributed by atoms with van der Waals surface area (Å²) in [5.74, 6) is -0.610. The second-order valence-electron chi connectivity index (χ2n) is 2.83. The van der Waals surface area contributed by atoms with Crippen LogP contribution in [-0.4, -0.2) is 22.2 Å². The number of alkyl halides is 1. The third-order valence-corrected chi connectivity index (χ3v) is 2.45. The summed E-state index contributed by atoms with van der Waals surface area (Å²) < 4.78 is 12.6. The average Bonchev–Trinajstić information content (AvgIpc) is 2.15. The lowest BCUT2D eigenvalue weighted by atomic mass is 10.1. The molecule has 0 radical (unpaired) electrons. The van der Waals surface area contributed by atoms with Crippen LogP contribution in [0.5, 0.6) is 0 Å². The van der Waals surface area contributed by atoms with Gasteiger partial charge in [-0.2, -0.15) is 0 Å². The van der Waals surface area contributed by atoms with E-state index in [1.54, 1.807) is 0 Å². The normalized spacial score (nSPS) is 15.2. The maximum Gasteiger partial charge on any atom is 0.124 e. The summed E-state index contributed by atoms with van der Waals surface area (Å²) in [5, 5.41) is 18.8. The fourth-order valence-corrected chi connectivity index (χ4v) is 1.48. The Hall–Kier alpha value is -0.350. The highest BCUT2D eigenvalue weighted by atomic mass is 35.5. The van der Waals surface area contributed by atoms with Gasteiger partial charge in [-0.25, -0.2) is 4.39 Å². The van der Waals surface area contributed by atoms with E-state index in [1.165, 1.54) is 6.07 Å². The number of halogens is 3. The summed E-state index contributed by atoms with van der Waals surface area (Å²) in [6, 6.07) is 3.55. The maximum absolute atomic E-state index is 12.6. The molecule has 2 unspecified atom stereocenters. The molecule has 0 aliphatic carbocycles. The molecule has 0 amide bonds. The van der Waals surface area contributed by atoms with Crippen molar-refractivity contribution in [3.8, 4) is 0 Å². The van der Waals surface area contributed by atoms with Crippen LogP contribution in [-0.2, 0) is 0 Å². The Morgan fingerprint density at radius 3 is 2.50 bits per heavy atom. The van der Waals surface area contributed by atoms with E-state index in [0.29, 0.717) is 0 Å². The largest absolute Gasteiger partial charge is 0.389 e. The van der Waals surface area contributed by atoms with E-state index in [2.05, 4.69) is 0 Å². The van der Waals surface area contributed by atoms with E-state index in [-0.39, 0.29) is 16.5 Å². The highest BCUT2D eigenvalue weighted by Crippen LogP contribution is 2.26. The minimum atomic E-state index is -1.19. The Bertz CT molecular complexity index is 320. The topological polar surface area (TPSA) is 40.5 Å². The van der Waals surface area contributed by atoms with E-state index in [1.807, 2.05) is 0 Å². The summed E-state index contributed by atoms with van der Waals surface area (Å²) in [4.78, 5) is 0. The van der Waals surface area contributed by atoms with Gasteiger partial charge in [0.15, 0.2) is 0 Å². The highest BCUT2D eigenvalue weighted by molar-refractivity contribution is 6.31. The summed E-state index contributed by atoms with van der Waals surface area (Å²) >= 11 is 11.0. The fourth-order valence-electron chi connectivity index (χ4n) is 1.03. The number of benzene rings is 1. The molecule has 0 aliphatic rings. The average molecular weight is 239 g/mol. The summed E-state index contributed by atoms with van der Waals surface area (Å²) in [6.07, 6.45) is -2.31. The van der Waals surface area contributed by atoms with Gasteiger partial charge in [-0.15, -0.1) is 11.6 Å². The summed E-state index contributed by atoms with van der Waals surface area (Å²) in [6.45, 7) is 0. The first-order valence-corrected chi connectivity index (χ1v) is 4.84. The predicted octanol–water partition coefficient (Wildman–Crippen LogP) is 2.11. The third-order valence-electron chi connectivity index (χ3n) is 1.80. The lowest BCUT2D eigenvalue weighted by Gasteiger charge is -2.16. The van der Waals surface area contributed by atoms with Crippen molar-refractivity contribution >= 4 is 23.2 Å². The number of hydrogen-bond donors (Lipinski definition) is 2. The fraction of sp³-hybridized carbons (Fsp3) is 0.333. The molecular weight excluding hydrogens is 230 g/mol. The molecule has 0 aliphatic heterocycles. The van der Waals surface area contributed by atoms with Crippen LogP contribution in [0, 0.1) is 5.82 Å². The monoisotopic (exact) mass is 238 g/mol. The zero-order valence-corrected chi connectivity index (χ0v) is 8.63. The smallest absolute Gasteiger partial charge is 0.124 e. The van der Waals surface area contributed by atoms with Gasteiger partial charge in [0.25, 0.3) is 0 Å². The van der Waals surface area contributed by atoms with Crippen LogP contribution < -0.4 is 0 Å². The standard InChI is InChI=1S/C9H9Cl2FO2/c10-4-8(13)9(14)6-2-1-5(12)3-7(6)11/h1-3,8-9,13-14H,4H2. The van der Waals surface area contributed by atoms with Gasteiger partial charge in [-0.3, -0.25) is 0 Å². The molecule has 14 heavy (non-hydrogen) atoms. The van der Waals surface area contributed by atoms with Crippen LogP contribution in [0.4, 0.5) is 4.39 Å². The van der Waals surface area contributed by atoms with E-state index < -0.39 is 18.0 Å².